The predicted octanol–water partition coefficient (Wildman–Crippen LogP) is 3.11. The van der Waals surface area contributed by atoms with Crippen LogP contribution in [-0.2, 0) is 6.18 Å². The van der Waals surface area contributed by atoms with Gasteiger partial charge in [0.25, 0.3) is 0 Å². The van der Waals surface area contributed by atoms with Gasteiger partial charge in [-0.25, -0.2) is 0 Å². The Labute approximate surface area is 97.2 Å². The van der Waals surface area contributed by atoms with Crippen LogP contribution in [0, 0.1) is 0 Å². The maximum Gasteiger partial charge on any atom is 0.416 e. The molecule has 1 aromatic rings. The van der Waals surface area contributed by atoms with E-state index in [1.807, 2.05) is 6.26 Å². The third kappa shape index (κ3) is 3.42. The number of hydrogen-bond acceptors (Lipinski definition) is 2. The molecule has 1 nitrogen and oxygen atoms in total. The number of halogens is 3. The molecule has 0 bridgehead atoms. The van der Waals surface area contributed by atoms with Crippen LogP contribution in [0.15, 0.2) is 24.3 Å². The molecule has 5 heteroatoms. The first-order valence-electron chi connectivity index (χ1n) is 4.85. The zero-order chi connectivity index (χ0) is 12.2. The maximum absolute atomic E-state index is 12.5. The average molecular weight is 249 g/mol. The third-order valence-electron chi connectivity index (χ3n) is 2.34. The van der Waals surface area contributed by atoms with Crippen LogP contribution in [0.5, 0.6) is 0 Å². The molecule has 0 aliphatic carbocycles. The van der Waals surface area contributed by atoms with E-state index >= 15 is 0 Å². The summed E-state index contributed by atoms with van der Waals surface area (Å²) in [5.41, 5.74) is 5.61. The molecule has 0 heterocycles. The van der Waals surface area contributed by atoms with Crippen molar-refractivity contribution in [2.45, 2.75) is 12.1 Å². The van der Waals surface area contributed by atoms with Crippen LogP contribution in [0.1, 0.15) is 17.0 Å². The Balaban J connectivity index is 2.97. The molecule has 0 saturated carbocycles. The lowest BCUT2D eigenvalue weighted by atomic mass is 9.99. The predicted molar refractivity (Wildman–Crippen MR) is 61.6 cm³/mol. The zero-order valence-corrected chi connectivity index (χ0v) is 9.74. The van der Waals surface area contributed by atoms with E-state index in [4.69, 9.17) is 5.73 Å². The average Bonchev–Trinajstić information content (AvgIpc) is 2.25. The van der Waals surface area contributed by atoms with Crippen molar-refractivity contribution in [2.24, 2.45) is 5.73 Å². The summed E-state index contributed by atoms with van der Waals surface area (Å²) in [5, 5.41) is 0. The molecule has 0 fully saturated rings. The van der Waals surface area contributed by atoms with Crippen LogP contribution in [0.4, 0.5) is 13.2 Å². The Kier molecular flexibility index (Phi) is 4.68. The second kappa shape index (κ2) is 5.59. The summed E-state index contributed by atoms with van der Waals surface area (Å²) in [6.45, 7) is 0.363. The molecule has 0 saturated heterocycles. The smallest absolute Gasteiger partial charge is 0.330 e. The second-order valence-corrected chi connectivity index (χ2v) is 4.42. The van der Waals surface area contributed by atoms with E-state index < -0.39 is 11.7 Å². The molecule has 0 amide bonds. The standard InChI is InChI=1S/C11H14F3NS/c1-16-7-9(6-15)8-3-2-4-10(5-8)11(12,13)14/h2-5,9H,6-7,15H2,1H3. The number of thioether (sulfide) groups is 1. The van der Waals surface area contributed by atoms with Crippen molar-refractivity contribution in [1.29, 1.82) is 0 Å². The third-order valence-corrected chi connectivity index (χ3v) is 3.07. The van der Waals surface area contributed by atoms with Crippen LogP contribution < -0.4 is 5.73 Å². The molecule has 16 heavy (non-hydrogen) atoms. The van der Waals surface area contributed by atoms with Crippen LogP contribution in [-0.4, -0.2) is 18.6 Å². The number of rotatable bonds is 4. The number of hydrogen-bond donors (Lipinski definition) is 1. The van der Waals surface area contributed by atoms with Gasteiger partial charge in [-0.2, -0.15) is 24.9 Å². The second-order valence-electron chi connectivity index (χ2n) is 3.51. The lowest BCUT2D eigenvalue weighted by Crippen LogP contribution is -2.15. The molecule has 2 N–H and O–H groups in total. The van der Waals surface area contributed by atoms with Crippen LogP contribution in [0.2, 0.25) is 0 Å². The van der Waals surface area contributed by atoms with Gasteiger partial charge in [0.1, 0.15) is 0 Å². The van der Waals surface area contributed by atoms with E-state index in [2.05, 4.69) is 0 Å². The first-order valence-corrected chi connectivity index (χ1v) is 6.24. The molecule has 0 aliphatic rings. The normalized spacial score (nSPS) is 13.8. The summed E-state index contributed by atoms with van der Waals surface area (Å²) >= 11 is 1.58. The van der Waals surface area contributed by atoms with Gasteiger partial charge >= 0.3 is 6.18 Å². The molecule has 1 rings (SSSR count). The minimum absolute atomic E-state index is 0.0164. The SMILES string of the molecule is CSCC(CN)c1cccc(C(F)(F)F)c1. The van der Waals surface area contributed by atoms with Crippen molar-refractivity contribution in [1.82, 2.24) is 0 Å². The van der Waals surface area contributed by atoms with Gasteiger partial charge in [0.15, 0.2) is 0 Å². The van der Waals surface area contributed by atoms with Crippen molar-refractivity contribution in [2.75, 3.05) is 18.6 Å². The molecular formula is C11H14F3NS. The molecular weight excluding hydrogens is 235 g/mol. The summed E-state index contributed by atoms with van der Waals surface area (Å²) in [4.78, 5) is 0. The quantitative estimate of drug-likeness (QED) is 0.887. The zero-order valence-electron chi connectivity index (χ0n) is 8.92. The van der Waals surface area contributed by atoms with Crippen molar-refractivity contribution >= 4 is 11.8 Å². The summed E-state index contributed by atoms with van der Waals surface area (Å²) in [5.74, 6) is 0.718. The van der Waals surface area contributed by atoms with E-state index in [1.54, 1.807) is 17.8 Å². The summed E-state index contributed by atoms with van der Waals surface area (Å²) in [7, 11) is 0. The molecule has 90 valence electrons. The minimum Gasteiger partial charge on any atom is -0.330 e. The molecule has 0 aromatic heterocycles. The maximum atomic E-state index is 12.5. The molecule has 1 unspecified atom stereocenters. The van der Waals surface area contributed by atoms with Gasteiger partial charge < -0.3 is 5.73 Å². The number of nitrogens with two attached hydrogens (primary N) is 1. The fraction of sp³-hybridized carbons (Fsp3) is 0.455. The van der Waals surface area contributed by atoms with Crippen LogP contribution in [0.3, 0.4) is 0 Å². The van der Waals surface area contributed by atoms with Crippen molar-refractivity contribution in [3.8, 4) is 0 Å². The van der Waals surface area contributed by atoms with Crippen molar-refractivity contribution in [3.05, 3.63) is 35.4 Å². The van der Waals surface area contributed by atoms with Gasteiger partial charge in [-0.3, -0.25) is 0 Å². The monoisotopic (exact) mass is 249 g/mol. The van der Waals surface area contributed by atoms with E-state index in [-0.39, 0.29) is 5.92 Å². The first kappa shape index (κ1) is 13.4. The molecule has 0 radical (unpaired) electrons. The number of benzene rings is 1. The van der Waals surface area contributed by atoms with Crippen LogP contribution >= 0.6 is 11.8 Å². The lowest BCUT2D eigenvalue weighted by molar-refractivity contribution is -0.137. The fourth-order valence-corrected chi connectivity index (χ4v) is 2.20. The van der Waals surface area contributed by atoms with E-state index in [9.17, 15) is 13.2 Å². The van der Waals surface area contributed by atoms with Crippen molar-refractivity contribution < 1.29 is 13.2 Å². The summed E-state index contributed by atoms with van der Waals surface area (Å²) < 4.78 is 37.5. The van der Waals surface area contributed by atoms with Crippen molar-refractivity contribution in [3.63, 3.8) is 0 Å². The largest absolute Gasteiger partial charge is 0.416 e. The highest BCUT2D eigenvalue weighted by Crippen LogP contribution is 2.31. The highest BCUT2D eigenvalue weighted by atomic mass is 32.2. The molecule has 0 spiro atoms. The Hall–Kier alpha value is -0.680. The Morgan fingerprint density at radius 1 is 1.38 bits per heavy atom. The fourth-order valence-electron chi connectivity index (χ4n) is 1.47. The van der Waals surface area contributed by atoms with E-state index in [0.29, 0.717) is 12.1 Å². The summed E-state index contributed by atoms with van der Waals surface area (Å²) in [6, 6.07) is 5.40. The first-order chi connectivity index (χ1) is 7.49. The molecule has 1 aromatic carbocycles. The molecule has 1 atom stereocenters. The Morgan fingerprint density at radius 3 is 2.56 bits per heavy atom. The molecule has 0 aliphatic heterocycles. The van der Waals surface area contributed by atoms with Gasteiger partial charge in [0, 0.05) is 11.7 Å². The van der Waals surface area contributed by atoms with Gasteiger partial charge in [-0.15, -0.1) is 0 Å². The number of alkyl halides is 3. The van der Waals surface area contributed by atoms with Gasteiger partial charge in [-0.05, 0) is 24.4 Å². The van der Waals surface area contributed by atoms with E-state index in [0.717, 1.165) is 11.8 Å². The highest BCUT2D eigenvalue weighted by Gasteiger charge is 2.30. The summed E-state index contributed by atoms with van der Waals surface area (Å²) in [6.07, 6.45) is -2.37. The van der Waals surface area contributed by atoms with Gasteiger partial charge in [0.05, 0.1) is 5.56 Å². The lowest BCUT2D eigenvalue weighted by Gasteiger charge is -2.15. The van der Waals surface area contributed by atoms with Gasteiger partial charge in [-0.1, -0.05) is 18.2 Å². The van der Waals surface area contributed by atoms with E-state index in [1.165, 1.54) is 12.1 Å². The van der Waals surface area contributed by atoms with Crippen LogP contribution in [0.25, 0.3) is 0 Å². The Bertz CT molecular complexity index is 338. The highest BCUT2D eigenvalue weighted by molar-refractivity contribution is 7.98. The topological polar surface area (TPSA) is 26.0 Å². The van der Waals surface area contributed by atoms with Gasteiger partial charge in [0.2, 0.25) is 0 Å². The Morgan fingerprint density at radius 2 is 2.06 bits per heavy atom. The minimum atomic E-state index is -4.28.